The van der Waals surface area contributed by atoms with E-state index in [1.54, 1.807) is 31.2 Å². The SMILES string of the molecule is CCC(C(=O)Nc1ccc(Cl)cc1)N(c1ccccc1F)S(C)(=O)=O. The smallest absolute Gasteiger partial charge is 0.248 e. The van der Waals surface area contributed by atoms with Crippen LogP contribution in [-0.2, 0) is 14.8 Å². The van der Waals surface area contributed by atoms with E-state index in [1.165, 1.54) is 18.2 Å². The number of sulfonamides is 1. The average molecular weight is 385 g/mol. The summed E-state index contributed by atoms with van der Waals surface area (Å²) in [6, 6.07) is 10.7. The minimum absolute atomic E-state index is 0.164. The molecule has 0 spiro atoms. The van der Waals surface area contributed by atoms with Crippen molar-refractivity contribution in [3.05, 3.63) is 59.4 Å². The third-order valence-electron chi connectivity index (χ3n) is 3.53. The number of anilines is 2. The van der Waals surface area contributed by atoms with E-state index in [-0.39, 0.29) is 12.1 Å². The molecule has 134 valence electrons. The van der Waals surface area contributed by atoms with Gasteiger partial charge in [-0.25, -0.2) is 12.8 Å². The molecule has 0 aliphatic heterocycles. The summed E-state index contributed by atoms with van der Waals surface area (Å²) in [5.74, 6) is -1.27. The standard InChI is InChI=1S/C17H18ClFN2O3S/c1-3-15(17(22)20-13-10-8-12(18)9-11-13)21(25(2,23)24)16-7-5-4-6-14(16)19/h4-11,15H,3H2,1-2H3,(H,20,22). The van der Waals surface area contributed by atoms with Gasteiger partial charge in [-0.3, -0.25) is 9.10 Å². The van der Waals surface area contributed by atoms with Gasteiger partial charge in [0, 0.05) is 10.7 Å². The van der Waals surface area contributed by atoms with Gasteiger partial charge in [0.2, 0.25) is 15.9 Å². The summed E-state index contributed by atoms with van der Waals surface area (Å²) >= 11 is 5.80. The van der Waals surface area contributed by atoms with Crippen molar-refractivity contribution in [3.63, 3.8) is 0 Å². The van der Waals surface area contributed by atoms with Gasteiger partial charge in [0.1, 0.15) is 11.9 Å². The lowest BCUT2D eigenvalue weighted by Gasteiger charge is -2.30. The monoisotopic (exact) mass is 384 g/mol. The Labute approximate surface area is 151 Å². The maximum atomic E-state index is 14.1. The summed E-state index contributed by atoms with van der Waals surface area (Å²) in [7, 11) is -3.88. The van der Waals surface area contributed by atoms with E-state index in [0.717, 1.165) is 16.6 Å². The molecule has 0 saturated carbocycles. The Morgan fingerprint density at radius 3 is 2.32 bits per heavy atom. The summed E-state index contributed by atoms with van der Waals surface area (Å²) in [5.41, 5.74) is 0.304. The lowest BCUT2D eigenvalue weighted by Crippen LogP contribution is -2.47. The Hall–Kier alpha value is -2.12. The van der Waals surface area contributed by atoms with Crippen LogP contribution in [0.3, 0.4) is 0 Å². The molecule has 1 amide bonds. The lowest BCUT2D eigenvalue weighted by molar-refractivity contribution is -0.117. The van der Waals surface area contributed by atoms with E-state index in [0.29, 0.717) is 10.7 Å². The molecule has 1 unspecified atom stereocenters. The zero-order chi connectivity index (χ0) is 18.6. The Kier molecular flexibility index (Phi) is 6.02. The van der Waals surface area contributed by atoms with E-state index >= 15 is 0 Å². The van der Waals surface area contributed by atoms with Gasteiger partial charge >= 0.3 is 0 Å². The minimum Gasteiger partial charge on any atom is -0.324 e. The fraction of sp³-hybridized carbons (Fsp3) is 0.235. The second-order valence-corrected chi connectivity index (χ2v) is 7.73. The molecule has 0 aliphatic carbocycles. The predicted octanol–water partition coefficient (Wildman–Crippen LogP) is 3.66. The molecule has 2 rings (SSSR count). The molecule has 25 heavy (non-hydrogen) atoms. The molecule has 0 heterocycles. The van der Waals surface area contributed by atoms with Crippen LogP contribution >= 0.6 is 11.6 Å². The Balaban J connectivity index is 2.38. The van der Waals surface area contributed by atoms with Crippen LogP contribution in [0.15, 0.2) is 48.5 Å². The van der Waals surface area contributed by atoms with Crippen LogP contribution in [-0.4, -0.2) is 26.6 Å². The number of halogens is 2. The predicted molar refractivity (Wildman–Crippen MR) is 97.9 cm³/mol. The van der Waals surface area contributed by atoms with E-state index in [4.69, 9.17) is 11.6 Å². The van der Waals surface area contributed by atoms with Crippen LogP contribution in [0.4, 0.5) is 15.8 Å². The van der Waals surface area contributed by atoms with E-state index in [1.807, 2.05) is 0 Å². The highest BCUT2D eigenvalue weighted by molar-refractivity contribution is 7.92. The highest BCUT2D eigenvalue weighted by Gasteiger charge is 2.33. The number of benzene rings is 2. The second kappa shape index (κ2) is 7.84. The van der Waals surface area contributed by atoms with Crippen LogP contribution in [0.1, 0.15) is 13.3 Å². The molecule has 0 bridgehead atoms. The molecular formula is C17H18ClFN2O3S. The zero-order valence-corrected chi connectivity index (χ0v) is 15.3. The van der Waals surface area contributed by atoms with Gasteiger partial charge < -0.3 is 5.32 Å². The summed E-state index contributed by atoms with van der Waals surface area (Å²) in [4.78, 5) is 12.6. The van der Waals surface area contributed by atoms with E-state index in [9.17, 15) is 17.6 Å². The number of rotatable bonds is 6. The first-order valence-electron chi connectivity index (χ1n) is 7.54. The van der Waals surface area contributed by atoms with Gasteiger partial charge in [-0.05, 0) is 42.8 Å². The minimum atomic E-state index is -3.88. The maximum absolute atomic E-state index is 14.1. The van der Waals surface area contributed by atoms with Gasteiger partial charge in [0.05, 0.1) is 11.9 Å². The third kappa shape index (κ3) is 4.70. The quantitative estimate of drug-likeness (QED) is 0.826. The Morgan fingerprint density at radius 2 is 1.80 bits per heavy atom. The lowest BCUT2D eigenvalue weighted by atomic mass is 10.1. The van der Waals surface area contributed by atoms with Gasteiger partial charge in [0.25, 0.3) is 0 Å². The summed E-state index contributed by atoms with van der Waals surface area (Å²) in [6.45, 7) is 1.66. The van der Waals surface area contributed by atoms with E-state index in [2.05, 4.69) is 5.32 Å². The molecule has 5 nitrogen and oxygen atoms in total. The number of hydrogen-bond acceptors (Lipinski definition) is 3. The summed E-state index contributed by atoms with van der Waals surface area (Å²) < 4.78 is 39.5. The van der Waals surface area contributed by atoms with Gasteiger partial charge in [-0.1, -0.05) is 30.7 Å². The number of nitrogens with one attached hydrogen (secondary N) is 1. The summed E-state index contributed by atoms with van der Waals surface area (Å²) in [6.07, 6.45) is 1.11. The molecule has 0 aromatic heterocycles. The largest absolute Gasteiger partial charge is 0.324 e. The first-order valence-corrected chi connectivity index (χ1v) is 9.77. The number of hydrogen-bond donors (Lipinski definition) is 1. The van der Waals surface area contributed by atoms with Crippen molar-refractivity contribution in [2.45, 2.75) is 19.4 Å². The number of amides is 1. The molecule has 0 radical (unpaired) electrons. The second-order valence-electron chi connectivity index (χ2n) is 5.43. The summed E-state index contributed by atoms with van der Waals surface area (Å²) in [5, 5.41) is 3.14. The molecule has 2 aromatic rings. The average Bonchev–Trinajstić information content (AvgIpc) is 2.54. The van der Waals surface area contributed by atoms with Crippen molar-refractivity contribution in [3.8, 4) is 0 Å². The van der Waals surface area contributed by atoms with Crippen LogP contribution < -0.4 is 9.62 Å². The first kappa shape index (κ1) is 19.2. The molecule has 0 aliphatic rings. The molecule has 0 saturated heterocycles. The number of carbonyl (C=O) groups excluding carboxylic acids is 1. The van der Waals surface area contributed by atoms with Crippen molar-refractivity contribution in [1.29, 1.82) is 0 Å². The first-order chi connectivity index (χ1) is 11.7. The van der Waals surface area contributed by atoms with Crippen LogP contribution in [0, 0.1) is 5.82 Å². The normalized spacial score (nSPS) is 12.5. The molecule has 2 aromatic carbocycles. The van der Waals surface area contributed by atoms with Gasteiger partial charge in [-0.15, -0.1) is 0 Å². The molecule has 8 heteroatoms. The van der Waals surface area contributed by atoms with Crippen molar-refractivity contribution in [2.75, 3.05) is 15.9 Å². The molecule has 1 atom stereocenters. The van der Waals surface area contributed by atoms with E-state index < -0.39 is 27.8 Å². The Bertz CT molecular complexity index is 856. The van der Waals surface area contributed by atoms with Crippen molar-refractivity contribution in [1.82, 2.24) is 0 Å². The Morgan fingerprint density at radius 1 is 1.20 bits per heavy atom. The van der Waals surface area contributed by atoms with Gasteiger partial charge in [-0.2, -0.15) is 0 Å². The van der Waals surface area contributed by atoms with Crippen molar-refractivity contribution in [2.24, 2.45) is 0 Å². The number of para-hydroxylation sites is 1. The fourth-order valence-electron chi connectivity index (χ4n) is 2.42. The topological polar surface area (TPSA) is 66.5 Å². The highest BCUT2D eigenvalue weighted by atomic mass is 35.5. The molecule has 1 N–H and O–H groups in total. The number of carbonyl (C=O) groups is 1. The van der Waals surface area contributed by atoms with Gasteiger partial charge in [0.15, 0.2) is 0 Å². The van der Waals surface area contributed by atoms with Crippen molar-refractivity contribution < 1.29 is 17.6 Å². The third-order valence-corrected chi connectivity index (χ3v) is 4.95. The molecule has 0 fully saturated rings. The zero-order valence-electron chi connectivity index (χ0n) is 13.7. The van der Waals surface area contributed by atoms with Crippen molar-refractivity contribution >= 4 is 38.9 Å². The molecular weight excluding hydrogens is 367 g/mol. The maximum Gasteiger partial charge on any atom is 0.248 e. The highest BCUT2D eigenvalue weighted by Crippen LogP contribution is 2.26. The van der Waals surface area contributed by atoms with Crippen LogP contribution in [0.5, 0.6) is 0 Å². The van der Waals surface area contributed by atoms with Crippen LogP contribution in [0.25, 0.3) is 0 Å². The fourth-order valence-corrected chi connectivity index (χ4v) is 3.76. The number of nitrogens with zero attached hydrogens (tertiary/aromatic N) is 1. The van der Waals surface area contributed by atoms with Crippen LogP contribution in [0.2, 0.25) is 5.02 Å².